The van der Waals surface area contributed by atoms with Gasteiger partial charge in [0.05, 0.1) is 0 Å². The van der Waals surface area contributed by atoms with Crippen molar-refractivity contribution in [3.05, 3.63) is 63.9 Å². The standard InChI is InChI=1S/C15H15BrFNO/c1-18-9-11-5-6-15(14(17)8-11)19-10-12-3-2-4-13(16)7-12/h2-8,18H,9-10H2,1H3. The molecule has 0 saturated carbocycles. The molecule has 0 amide bonds. The van der Waals surface area contributed by atoms with Crippen molar-refractivity contribution in [1.29, 1.82) is 0 Å². The molecular formula is C15H15BrFNO. The Labute approximate surface area is 120 Å². The zero-order valence-electron chi connectivity index (χ0n) is 10.6. The molecule has 0 fully saturated rings. The van der Waals surface area contributed by atoms with Crippen LogP contribution in [0.15, 0.2) is 46.9 Å². The molecule has 2 aromatic carbocycles. The highest BCUT2D eigenvalue weighted by Crippen LogP contribution is 2.20. The summed E-state index contributed by atoms with van der Waals surface area (Å²) < 4.78 is 20.3. The van der Waals surface area contributed by atoms with Crippen LogP contribution in [0.1, 0.15) is 11.1 Å². The number of hydrogen-bond donors (Lipinski definition) is 1. The number of nitrogens with one attached hydrogen (secondary N) is 1. The van der Waals surface area contributed by atoms with Crippen LogP contribution in [0, 0.1) is 5.82 Å². The fourth-order valence-corrected chi connectivity index (χ4v) is 2.21. The van der Waals surface area contributed by atoms with E-state index in [4.69, 9.17) is 4.74 Å². The molecule has 0 spiro atoms. The molecule has 19 heavy (non-hydrogen) atoms. The summed E-state index contributed by atoms with van der Waals surface area (Å²) in [5.41, 5.74) is 1.89. The number of benzene rings is 2. The van der Waals surface area contributed by atoms with Gasteiger partial charge in [-0.15, -0.1) is 0 Å². The highest BCUT2D eigenvalue weighted by molar-refractivity contribution is 9.10. The first-order chi connectivity index (χ1) is 9.19. The third kappa shape index (κ3) is 4.04. The lowest BCUT2D eigenvalue weighted by molar-refractivity contribution is 0.290. The third-order valence-corrected chi connectivity index (χ3v) is 3.15. The van der Waals surface area contributed by atoms with Gasteiger partial charge in [-0.2, -0.15) is 0 Å². The molecule has 1 N–H and O–H groups in total. The van der Waals surface area contributed by atoms with Gasteiger partial charge in [0.2, 0.25) is 0 Å². The molecule has 2 nitrogen and oxygen atoms in total. The summed E-state index contributed by atoms with van der Waals surface area (Å²) in [4.78, 5) is 0. The summed E-state index contributed by atoms with van der Waals surface area (Å²) in [5, 5.41) is 2.98. The monoisotopic (exact) mass is 323 g/mol. The second-order valence-corrected chi connectivity index (χ2v) is 5.13. The second kappa shape index (κ2) is 6.68. The molecule has 2 rings (SSSR count). The summed E-state index contributed by atoms with van der Waals surface area (Å²) in [5.74, 6) is -0.0532. The predicted molar refractivity (Wildman–Crippen MR) is 77.6 cm³/mol. The van der Waals surface area contributed by atoms with Crippen LogP contribution in [0.2, 0.25) is 0 Å². The predicted octanol–water partition coefficient (Wildman–Crippen LogP) is 3.89. The molecule has 0 atom stereocenters. The molecule has 0 aromatic heterocycles. The minimum atomic E-state index is -0.331. The van der Waals surface area contributed by atoms with Gasteiger partial charge in [0.1, 0.15) is 6.61 Å². The lowest BCUT2D eigenvalue weighted by Gasteiger charge is -2.09. The van der Waals surface area contributed by atoms with Crippen LogP contribution in [-0.2, 0) is 13.2 Å². The van der Waals surface area contributed by atoms with E-state index in [-0.39, 0.29) is 11.6 Å². The Kier molecular flexibility index (Phi) is 4.93. The van der Waals surface area contributed by atoms with Crippen LogP contribution < -0.4 is 10.1 Å². The maximum Gasteiger partial charge on any atom is 0.165 e. The van der Waals surface area contributed by atoms with Gasteiger partial charge in [-0.05, 0) is 42.4 Å². The van der Waals surface area contributed by atoms with Gasteiger partial charge in [-0.1, -0.05) is 34.1 Å². The van der Waals surface area contributed by atoms with Crippen molar-refractivity contribution in [2.45, 2.75) is 13.2 Å². The molecule has 0 bridgehead atoms. The first-order valence-electron chi connectivity index (χ1n) is 5.99. The van der Waals surface area contributed by atoms with E-state index >= 15 is 0 Å². The Balaban J connectivity index is 2.03. The van der Waals surface area contributed by atoms with E-state index in [1.165, 1.54) is 6.07 Å². The first kappa shape index (κ1) is 14.0. The maximum atomic E-state index is 13.8. The van der Waals surface area contributed by atoms with E-state index in [1.807, 2.05) is 37.4 Å². The zero-order chi connectivity index (χ0) is 13.7. The average molecular weight is 324 g/mol. The van der Waals surface area contributed by atoms with E-state index in [0.717, 1.165) is 15.6 Å². The van der Waals surface area contributed by atoms with Gasteiger partial charge in [-0.3, -0.25) is 0 Å². The number of rotatable bonds is 5. The van der Waals surface area contributed by atoms with Crippen LogP contribution in [0.25, 0.3) is 0 Å². The molecule has 0 radical (unpaired) electrons. The van der Waals surface area contributed by atoms with Gasteiger partial charge in [0.15, 0.2) is 11.6 Å². The van der Waals surface area contributed by atoms with Crippen LogP contribution >= 0.6 is 15.9 Å². The molecule has 0 unspecified atom stereocenters. The van der Waals surface area contributed by atoms with Crippen molar-refractivity contribution in [2.24, 2.45) is 0 Å². The van der Waals surface area contributed by atoms with Crippen molar-refractivity contribution >= 4 is 15.9 Å². The number of ether oxygens (including phenoxy) is 1. The minimum absolute atomic E-state index is 0.278. The summed E-state index contributed by atoms with van der Waals surface area (Å²) in [7, 11) is 1.83. The Morgan fingerprint density at radius 3 is 2.68 bits per heavy atom. The topological polar surface area (TPSA) is 21.3 Å². The molecule has 0 aliphatic heterocycles. The molecule has 0 aliphatic carbocycles. The van der Waals surface area contributed by atoms with Gasteiger partial charge >= 0.3 is 0 Å². The molecule has 0 aliphatic rings. The molecule has 4 heteroatoms. The molecule has 100 valence electrons. The fraction of sp³-hybridized carbons (Fsp3) is 0.200. The van der Waals surface area contributed by atoms with Crippen molar-refractivity contribution in [3.63, 3.8) is 0 Å². The highest BCUT2D eigenvalue weighted by Gasteiger charge is 2.05. The molecule has 0 heterocycles. The quantitative estimate of drug-likeness (QED) is 0.901. The van der Waals surface area contributed by atoms with Crippen molar-refractivity contribution in [3.8, 4) is 5.75 Å². The first-order valence-corrected chi connectivity index (χ1v) is 6.78. The van der Waals surface area contributed by atoms with Crippen LogP contribution in [0.5, 0.6) is 5.75 Å². The molecule has 2 aromatic rings. The van der Waals surface area contributed by atoms with E-state index in [2.05, 4.69) is 21.2 Å². The van der Waals surface area contributed by atoms with Gasteiger partial charge in [-0.25, -0.2) is 4.39 Å². The van der Waals surface area contributed by atoms with Crippen LogP contribution in [0.4, 0.5) is 4.39 Å². The Morgan fingerprint density at radius 1 is 1.16 bits per heavy atom. The largest absolute Gasteiger partial charge is 0.486 e. The smallest absolute Gasteiger partial charge is 0.165 e. The molecular weight excluding hydrogens is 309 g/mol. The van der Waals surface area contributed by atoms with E-state index in [1.54, 1.807) is 6.07 Å². The summed E-state index contributed by atoms with van der Waals surface area (Å²) in [6, 6.07) is 12.8. The van der Waals surface area contributed by atoms with Crippen molar-refractivity contribution in [1.82, 2.24) is 5.32 Å². The summed E-state index contributed by atoms with van der Waals surface area (Å²) in [6.45, 7) is 0.991. The van der Waals surface area contributed by atoms with Gasteiger partial charge < -0.3 is 10.1 Å². The Morgan fingerprint density at radius 2 is 2.00 bits per heavy atom. The van der Waals surface area contributed by atoms with Crippen molar-refractivity contribution in [2.75, 3.05) is 7.05 Å². The average Bonchev–Trinajstić information content (AvgIpc) is 2.38. The van der Waals surface area contributed by atoms with E-state index < -0.39 is 0 Å². The maximum absolute atomic E-state index is 13.8. The SMILES string of the molecule is CNCc1ccc(OCc2cccc(Br)c2)c(F)c1. The number of halogens is 2. The minimum Gasteiger partial charge on any atom is -0.486 e. The lowest BCUT2D eigenvalue weighted by atomic mass is 10.2. The van der Waals surface area contributed by atoms with Gasteiger partial charge in [0, 0.05) is 11.0 Å². The second-order valence-electron chi connectivity index (χ2n) is 4.21. The van der Waals surface area contributed by atoms with Crippen molar-refractivity contribution < 1.29 is 9.13 Å². The molecule has 0 saturated heterocycles. The normalized spacial score (nSPS) is 10.5. The summed E-state index contributed by atoms with van der Waals surface area (Å²) >= 11 is 3.39. The van der Waals surface area contributed by atoms with Crippen LogP contribution in [-0.4, -0.2) is 7.05 Å². The third-order valence-electron chi connectivity index (χ3n) is 2.66. The number of hydrogen-bond acceptors (Lipinski definition) is 2. The Hall–Kier alpha value is -1.39. The Bertz CT molecular complexity index is 560. The fourth-order valence-electron chi connectivity index (χ4n) is 1.76. The van der Waals surface area contributed by atoms with Crippen LogP contribution in [0.3, 0.4) is 0 Å². The van der Waals surface area contributed by atoms with E-state index in [0.29, 0.717) is 13.2 Å². The summed E-state index contributed by atoms with van der Waals surface area (Å²) in [6.07, 6.45) is 0. The zero-order valence-corrected chi connectivity index (χ0v) is 12.2. The van der Waals surface area contributed by atoms with Gasteiger partial charge in [0.25, 0.3) is 0 Å². The van der Waals surface area contributed by atoms with E-state index in [9.17, 15) is 4.39 Å². The highest BCUT2D eigenvalue weighted by atomic mass is 79.9. The lowest BCUT2D eigenvalue weighted by Crippen LogP contribution is -2.05.